The molecule has 1 aromatic rings. The summed E-state index contributed by atoms with van der Waals surface area (Å²) in [4.78, 5) is 11.2. The van der Waals surface area contributed by atoms with Crippen molar-refractivity contribution in [1.29, 1.82) is 0 Å². The molecule has 2 rings (SSSR count). The Morgan fingerprint density at radius 1 is 1.39 bits per heavy atom. The van der Waals surface area contributed by atoms with Crippen LogP contribution in [0, 0.1) is 0 Å². The van der Waals surface area contributed by atoms with Crippen LogP contribution in [-0.2, 0) is 4.79 Å². The van der Waals surface area contributed by atoms with Crippen molar-refractivity contribution >= 4 is 5.91 Å². The van der Waals surface area contributed by atoms with E-state index in [1.165, 1.54) is 12.1 Å². The van der Waals surface area contributed by atoms with Gasteiger partial charge in [0, 0.05) is 13.5 Å². The van der Waals surface area contributed by atoms with E-state index in [0.29, 0.717) is 0 Å². The van der Waals surface area contributed by atoms with E-state index < -0.39 is 6.29 Å². The number of amides is 1. The van der Waals surface area contributed by atoms with Gasteiger partial charge >= 0.3 is 6.29 Å². The molecule has 1 heterocycles. The number of fused-ring (bicyclic) bond motifs is 1. The molecule has 1 N–H and O–H groups in total. The van der Waals surface area contributed by atoms with Crippen LogP contribution in [-0.4, -0.2) is 19.2 Å². The van der Waals surface area contributed by atoms with Crippen LogP contribution < -0.4 is 14.8 Å². The number of benzene rings is 1. The third-order valence-electron chi connectivity index (χ3n) is 2.76. The van der Waals surface area contributed by atoms with E-state index in [1.54, 1.807) is 13.1 Å². The molecule has 1 atom stereocenters. The van der Waals surface area contributed by atoms with Crippen molar-refractivity contribution in [2.24, 2.45) is 0 Å². The van der Waals surface area contributed by atoms with E-state index in [9.17, 15) is 13.6 Å². The molecule has 1 amide bonds. The van der Waals surface area contributed by atoms with Crippen molar-refractivity contribution in [1.82, 2.24) is 5.32 Å². The zero-order valence-electron chi connectivity index (χ0n) is 10.00. The molecule has 0 fully saturated rings. The molecule has 0 saturated carbocycles. The molecule has 0 bridgehead atoms. The maximum atomic E-state index is 12.8. The maximum absolute atomic E-state index is 12.8. The average molecular weight is 257 g/mol. The number of halogens is 2. The van der Waals surface area contributed by atoms with E-state index in [0.717, 1.165) is 5.56 Å². The van der Waals surface area contributed by atoms with Crippen LogP contribution in [0.2, 0.25) is 0 Å². The Balaban J connectivity index is 2.16. The monoisotopic (exact) mass is 257 g/mol. The molecule has 6 heteroatoms. The molecule has 0 radical (unpaired) electrons. The molecule has 0 unspecified atom stereocenters. The van der Waals surface area contributed by atoms with Gasteiger partial charge in [-0.25, -0.2) is 0 Å². The van der Waals surface area contributed by atoms with Gasteiger partial charge in [-0.15, -0.1) is 8.78 Å². The smallest absolute Gasteiger partial charge is 0.395 e. The third kappa shape index (κ3) is 2.52. The summed E-state index contributed by atoms with van der Waals surface area (Å²) in [7, 11) is 1.55. The Kier molecular flexibility index (Phi) is 3.11. The van der Waals surface area contributed by atoms with Crippen molar-refractivity contribution in [2.75, 3.05) is 7.05 Å². The number of hydrogen-bond donors (Lipinski definition) is 1. The molecular formula is C12H13F2NO3. The number of alkyl halides is 2. The second-order valence-corrected chi connectivity index (χ2v) is 4.15. The maximum Gasteiger partial charge on any atom is 0.586 e. The highest BCUT2D eigenvalue weighted by Crippen LogP contribution is 2.42. The van der Waals surface area contributed by atoms with Gasteiger partial charge in [0.1, 0.15) is 0 Å². The summed E-state index contributed by atoms with van der Waals surface area (Å²) in [6.45, 7) is 1.84. The van der Waals surface area contributed by atoms with Crippen LogP contribution in [0.4, 0.5) is 8.78 Å². The third-order valence-corrected chi connectivity index (χ3v) is 2.76. The highest BCUT2D eigenvalue weighted by Gasteiger charge is 2.43. The first-order valence-corrected chi connectivity index (χ1v) is 5.51. The molecule has 4 nitrogen and oxygen atoms in total. The quantitative estimate of drug-likeness (QED) is 0.903. The van der Waals surface area contributed by atoms with Crippen molar-refractivity contribution < 1.29 is 23.0 Å². The minimum Gasteiger partial charge on any atom is -0.395 e. The van der Waals surface area contributed by atoms with Crippen molar-refractivity contribution in [3.05, 3.63) is 23.8 Å². The van der Waals surface area contributed by atoms with Gasteiger partial charge in [0.05, 0.1) is 0 Å². The highest BCUT2D eigenvalue weighted by atomic mass is 19.3. The normalized spacial score (nSPS) is 17.3. The van der Waals surface area contributed by atoms with Crippen LogP contribution in [0.1, 0.15) is 24.8 Å². The SMILES string of the molecule is CNC(=O)C[C@H](C)c1ccc2c(c1)OC(F)(F)O2. The lowest BCUT2D eigenvalue weighted by atomic mass is 9.97. The minimum atomic E-state index is -3.61. The van der Waals surface area contributed by atoms with E-state index in [4.69, 9.17) is 0 Å². The number of rotatable bonds is 3. The molecule has 1 aromatic carbocycles. The molecule has 0 aromatic heterocycles. The number of carbonyl (C=O) groups is 1. The molecule has 0 spiro atoms. The van der Waals surface area contributed by atoms with E-state index >= 15 is 0 Å². The fourth-order valence-corrected chi connectivity index (χ4v) is 1.77. The minimum absolute atomic E-state index is 0.00116. The molecule has 18 heavy (non-hydrogen) atoms. The summed E-state index contributed by atoms with van der Waals surface area (Å²) in [5.74, 6) is -0.185. The predicted molar refractivity (Wildman–Crippen MR) is 59.7 cm³/mol. The summed E-state index contributed by atoms with van der Waals surface area (Å²) in [6.07, 6.45) is -3.32. The standard InChI is InChI=1S/C12H13F2NO3/c1-7(5-11(16)15-2)8-3-4-9-10(6-8)18-12(13,14)17-9/h3-4,6-7H,5H2,1-2H3,(H,15,16)/t7-/m0/s1. The fourth-order valence-electron chi connectivity index (χ4n) is 1.77. The van der Waals surface area contributed by atoms with E-state index in [1.807, 2.05) is 6.92 Å². The Hall–Kier alpha value is -1.85. The summed E-state index contributed by atoms with van der Waals surface area (Å²) < 4.78 is 34.3. The van der Waals surface area contributed by atoms with Gasteiger partial charge < -0.3 is 14.8 Å². The highest BCUT2D eigenvalue weighted by molar-refractivity contribution is 5.76. The first-order valence-electron chi connectivity index (χ1n) is 5.51. The Bertz CT molecular complexity index is 476. The molecular weight excluding hydrogens is 244 g/mol. The van der Waals surface area contributed by atoms with Crippen LogP contribution >= 0.6 is 0 Å². The van der Waals surface area contributed by atoms with Crippen molar-refractivity contribution in [3.63, 3.8) is 0 Å². The summed E-state index contributed by atoms with van der Waals surface area (Å²) in [5.41, 5.74) is 0.749. The molecule has 0 aliphatic carbocycles. The number of carbonyl (C=O) groups excluding carboxylic acids is 1. The van der Waals surface area contributed by atoms with Gasteiger partial charge in [-0.05, 0) is 23.6 Å². The number of hydrogen-bond acceptors (Lipinski definition) is 3. The first-order chi connectivity index (χ1) is 8.41. The van der Waals surface area contributed by atoms with Crippen molar-refractivity contribution in [3.8, 4) is 11.5 Å². The Morgan fingerprint density at radius 3 is 2.72 bits per heavy atom. The van der Waals surface area contributed by atoms with E-state index in [2.05, 4.69) is 14.8 Å². The summed E-state index contributed by atoms with van der Waals surface area (Å²) in [6, 6.07) is 4.55. The van der Waals surface area contributed by atoms with Gasteiger partial charge in [-0.2, -0.15) is 0 Å². The van der Waals surface area contributed by atoms with Gasteiger partial charge in [-0.3, -0.25) is 4.79 Å². The number of ether oxygens (including phenoxy) is 2. The van der Waals surface area contributed by atoms with Crippen LogP contribution in [0.3, 0.4) is 0 Å². The zero-order valence-corrected chi connectivity index (χ0v) is 10.00. The lowest BCUT2D eigenvalue weighted by molar-refractivity contribution is -0.286. The summed E-state index contributed by atoms with van der Waals surface area (Å²) >= 11 is 0. The topological polar surface area (TPSA) is 47.6 Å². The number of nitrogens with one attached hydrogen (secondary N) is 1. The van der Waals surface area contributed by atoms with E-state index in [-0.39, 0.29) is 29.7 Å². The molecule has 98 valence electrons. The fraction of sp³-hybridized carbons (Fsp3) is 0.417. The van der Waals surface area contributed by atoms with Crippen LogP contribution in [0.5, 0.6) is 11.5 Å². The van der Waals surface area contributed by atoms with Crippen LogP contribution in [0.15, 0.2) is 18.2 Å². The predicted octanol–water partition coefficient (Wildman–Crippen LogP) is 2.25. The molecule has 1 aliphatic rings. The van der Waals surface area contributed by atoms with Gasteiger partial charge in [0.25, 0.3) is 0 Å². The lowest BCUT2D eigenvalue weighted by Gasteiger charge is -2.11. The zero-order chi connectivity index (χ0) is 13.3. The first kappa shape index (κ1) is 12.6. The van der Waals surface area contributed by atoms with Gasteiger partial charge in [-0.1, -0.05) is 13.0 Å². The van der Waals surface area contributed by atoms with Gasteiger partial charge in [0.15, 0.2) is 11.5 Å². The van der Waals surface area contributed by atoms with Crippen LogP contribution in [0.25, 0.3) is 0 Å². The lowest BCUT2D eigenvalue weighted by Crippen LogP contribution is -2.25. The Morgan fingerprint density at radius 2 is 2.06 bits per heavy atom. The largest absolute Gasteiger partial charge is 0.586 e. The second kappa shape index (κ2) is 4.44. The molecule has 0 saturated heterocycles. The second-order valence-electron chi connectivity index (χ2n) is 4.15. The van der Waals surface area contributed by atoms with Crippen molar-refractivity contribution in [2.45, 2.75) is 25.6 Å². The molecule has 1 aliphatic heterocycles. The average Bonchev–Trinajstić information content (AvgIpc) is 2.61. The Labute approximate surface area is 103 Å². The van der Waals surface area contributed by atoms with Gasteiger partial charge in [0.2, 0.25) is 5.91 Å². The summed E-state index contributed by atoms with van der Waals surface area (Å²) in [5, 5.41) is 2.52.